The monoisotopic (exact) mass is 272 g/mol. The smallest absolute Gasteiger partial charge is 0.209 e. The van der Waals surface area contributed by atoms with Gasteiger partial charge in [-0.25, -0.2) is 0 Å². The van der Waals surface area contributed by atoms with Crippen LogP contribution in [-0.2, 0) is 9.47 Å². The van der Waals surface area contributed by atoms with Crippen LogP contribution in [0.5, 0.6) is 0 Å². The fourth-order valence-electron chi connectivity index (χ4n) is 3.41. The Morgan fingerprint density at radius 1 is 1.15 bits per heavy atom. The summed E-state index contributed by atoms with van der Waals surface area (Å²) in [5, 5.41) is 37.1. The van der Waals surface area contributed by atoms with E-state index in [1.165, 1.54) is 0 Å². The summed E-state index contributed by atoms with van der Waals surface area (Å²) in [6.07, 6.45) is -1.57. The number of ether oxygens (including phenoxy) is 2. The number of hydrogen-bond acceptors (Lipinski definition) is 6. The second-order valence-electron chi connectivity index (χ2n) is 6.19. The van der Waals surface area contributed by atoms with E-state index in [2.05, 4.69) is 6.07 Å². The van der Waals surface area contributed by atoms with E-state index in [1.807, 2.05) is 26.0 Å². The van der Waals surface area contributed by atoms with Gasteiger partial charge in [-0.15, -0.1) is 0 Å². The van der Waals surface area contributed by atoms with Crippen molar-refractivity contribution in [3.8, 4) is 18.2 Å². The highest BCUT2D eigenvalue weighted by Crippen LogP contribution is 2.65. The second-order valence-corrected chi connectivity index (χ2v) is 6.19. The molecule has 3 atom stereocenters. The van der Waals surface area contributed by atoms with Crippen molar-refractivity contribution in [2.75, 3.05) is 0 Å². The van der Waals surface area contributed by atoms with Crippen molar-refractivity contribution >= 4 is 5.90 Å². The van der Waals surface area contributed by atoms with E-state index >= 15 is 0 Å². The molecular weight excluding hydrogens is 256 g/mol. The summed E-state index contributed by atoms with van der Waals surface area (Å²) in [5.74, 6) is -0.503. The van der Waals surface area contributed by atoms with Gasteiger partial charge in [-0.2, -0.15) is 15.8 Å². The van der Waals surface area contributed by atoms with E-state index < -0.39 is 28.6 Å². The number of rotatable bonds is 1. The van der Waals surface area contributed by atoms with Crippen molar-refractivity contribution in [1.82, 2.24) is 0 Å². The van der Waals surface area contributed by atoms with E-state index in [4.69, 9.17) is 14.9 Å². The maximum absolute atomic E-state index is 9.74. The van der Waals surface area contributed by atoms with Crippen LogP contribution >= 0.6 is 0 Å². The van der Waals surface area contributed by atoms with Gasteiger partial charge in [0.1, 0.15) is 0 Å². The van der Waals surface area contributed by atoms with Gasteiger partial charge in [-0.05, 0) is 5.92 Å². The number of nitriles is 3. The highest BCUT2D eigenvalue weighted by Gasteiger charge is 2.79. The molecule has 2 bridgehead atoms. The Morgan fingerprint density at radius 2 is 1.70 bits per heavy atom. The predicted molar refractivity (Wildman–Crippen MR) is 67.8 cm³/mol. The molecule has 0 aromatic heterocycles. The lowest BCUT2D eigenvalue weighted by Gasteiger charge is -2.50. The van der Waals surface area contributed by atoms with Crippen LogP contribution in [-0.4, -0.2) is 18.3 Å². The average molecular weight is 272 g/mol. The zero-order valence-electron chi connectivity index (χ0n) is 11.9. The molecule has 0 aliphatic carbocycles. The fourth-order valence-corrected chi connectivity index (χ4v) is 3.41. The largest absolute Gasteiger partial charge is 0.450 e. The van der Waals surface area contributed by atoms with Gasteiger partial charge in [0.2, 0.25) is 12.2 Å². The molecule has 2 rings (SSSR count). The minimum atomic E-state index is -1.76. The van der Waals surface area contributed by atoms with Crippen molar-refractivity contribution < 1.29 is 9.47 Å². The van der Waals surface area contributed by atoms with Crippen LogP contribution in [0.15, 0.2) is 0 Å². The minimum absolute atomic E-state index is 0.157. The maximum Gasteiger partial charge on any atom is 0.209 e. The molecule has 2 saturated heterocycles. The Hall–Kier alpha value is -2.10. The van der Waals surface area contributed by atoms with Gasteiger partial charge in [-0.1, -0.05) is 27.7 Å². The van der Waals surface area contributed by atoms with Gasteiger partial charge in [0.05, 0.1) is 29.7 Å². The molecule has 20 heavy (non-hydrogen) atoms. The van der Waals surface area contributed by atoms with Gasteiger partial charge in [0.25, 0.3) is 0 Å². The molecule has 0 amide bonds. The molecule has 0 radical (unpaired) electrons. The lowest BCUT2D eigenvalue weighted by Crippen LogP contribution is -2.63. The third-order valence-corrected chi connectivity index (χ3v) is 4.54. The first-order valence-electron chi connectivity index (χ1n) is 6.40. The number of fused-ring (bicyclic) bond motifs is 2. The second kappa shape index (κ2) is 3.95. The quantitative estimate of drug-likeness (QED) is 0.783. The molecule has 0 aromatic carbocycles. The highest BCUT2D eigenvalue weighted by atomic mass is 16.7. The Morgan fingerprint density at radius 3 is 2.10 bits per heavy atom. The van der Waals surface area contributed by atoms with E-state index in [9.17, 15) is 15.8 Å². The Labute approximate surface area is 118 Å². The van der Waals surface area contributed by atoms with Gasteiger partial charge < -0.3 is 9.47 Å². The molecule has 0 aromatic rings. The van der Waals surface area contributed by atoms with Crippen LogP contribution in [0.2, 0.25) is 0 Å². The molecule has 2 heterocycles. The molecule has 2 fully saturated rings. The summed E-state index contributed by atoms with van der Waals surface area (Å²) in [4.78, 5) is 0. The first-order chi connectivity index (χ1) is 9.25. The Balaban J connectivity index is 2.84. The topological polar surface area (TPSA) is 114 Å². The predicted octanol–water partition coefficient (Wildman–Crippen LogP) is 1.94. The van der Waals surface area contributed by atoms with Gasteiger partial charge >= 0.3 is 0 Å². The summed E-state index contributed by atoms with van der Waals surface area (Å²) in [7, 11) is 0. The Bertz CT molecular complexity index is 576. The van der Waals surface area contributed by atoms with E-state index in [0.717, 1.165) is 0 Å². The van der Waals surface area contributed by atoms with Gasteiger partial charge in [0, 0.05) is 0 Å². The van der Waals surface area contributed by atoms with Crippen molar-refractivity contribution in [2.45, 2.75) is 40.1 Å². The molecule has 6 heteroatoms. The normalized spacial score (nSPS) is 36.6. The zero-order valence-corrected chi connectivity index (χ0v) is 11.9. The molecular formula is C14H16N4O2. The standard InChI is InChI=1S/C14H16N4O2/c1-8(2)9-13(5-15,6-16)14(7-17)10(18)20-11(19-9)12(14,3)4/h8-9,11,18H,1-4H3/t9-,11-,14+/m1/s1. The van der Waals surface area contributed by atoms with Crippen LogP contribution in [0.3, 0.4) is 0 Å². The summed E-state index contributed by atoms with van der Waals surface area (Å²) in [6, 6.07) is 6.00. The van der Waals surface area contributed by atoms with Gasteiger partial charge in [0.15, 0.2) is 10.8 Å². The Kier molecular flexibility index (Phi) is 2.82. The molecule has 104 valence electrons. The highest BCUT2D eigenvalue weighted by molar-refractivity contribution is 5.89. The van der Waals surface area contributed by atoms with Crippen LogP contribution in [0, 0.1) is 61.6 Å². The maximum atomic E-state index is 9.74. The minimum Gasteiger partial charge on any atom is -0.450 e. The van der Waals surface area contributed by atoms with Crippen molar-refractivity contribution in [1.29, 1.82) is 21.2 Å². The summed E-state index contributed by atoms with van der Waals surface area (Å²) >= 11 is 0. The zero-order chi connectivity index (χ0) is 15.3. The molecule has 2 aliphatic rings. The van der Waals surface area contributed by atoms with Crippen LogP contribution in [0.25, 0.3) is 0 Å². The first-order valence-corrected chi connectivity index (χ1v) is 6.40. The molecule has 6 nitrogen and oxygen atoms in total. The fraction of sp³-hybridized carbons (Fsp3) is 0.714. The molecule has 2 aliphatic heterocycles. The molecule has 0 saturated carbocycles. The lowest BCUT2D eigenvalue weighted by molar-refractivity contribution is -0.241. The third kappa shape index (κ3) is 1.17. The van der Waals surface area contributed by atoms with E-state index in [0.29, 0.717) is 0 Å². The van der Waals surface area contributed by atoms with Crippen LogP contribution in [0.4, 0.5) is 0 Å². The number of nitrogens with zero attached hydrogens (tertiary/aromatic N) is 3. The SMILES string of the molecule is CC(C)[C@H]1O[C@@H]2OC(=N)[C@@](C#N)(C2(C)C)C1(C#N)C#N. The van der Waals surface area contributed by atoms with Crippen LogP contribution in [0.1, 0.15) is 27.7 Å². The van der Waals surface area contributed by atoms with Crippen molar-refractivity contribution in [3.63, 3.8) is 0 Å². The van der Waals surface area contributed by atoms with E-state index in [1.54, 1.807) is 13.8 Å². The summed E-state index contributed by atoms with van der Waals surface area (Å²) in [5.41, 5.74) is -4.33. The van der Waals surface area contributed by atoms with Crippen molar-refractivity contribution in [2.24, 2.45) is 22.2 Å². The number of hydrogen-bond donors (Lipinski definition) is 1. The molecule has 0 unspecified atom stereocenters. The van der Waals surface area contributed by atoms with Crippen LogP contribution < -0.4 is 0 Å². The third-order valence-electron chi connectivity index (χ3n) is 4.54. The number of nitrogens with one attached hydrogen (secondary N) is 1. The van der Waals surface area contributed by atoms with Gasteiger partial charge in [-0.3, -0.25) is 5.41 Å². The first kappa shape index (κ1) is 14.3. The van der Waals surface area contributed by atoms with Crippen molar-refractivity contribution in [3.05, 3.63) is 0 Å². The molecule has 1 N–H and O–H groups in total. The summed E-state index contributed by atoms with van der Waals surface area (Å²) < 4.78 is 11.2. The summed E-state index contributed by atoms with van der Waals surface area (Å²) in [6.45, 7) is 7.03. The average Bonchev–Trinajstić information content (AvgIpc) is 2.52. The van der Waals surface area contributed by atoms with E-state index in [-0.39, 0.29) is 11.8 Å². The lowest BCUT2D eigenvalue weighted by atomic mass is 9.49. The molecule has 0 spiro atoms.